The van der Waals surface area contributed by atoms with E-state index in [2.05, 4.69) is 58.7 Å². The van der Waals surface area contributed by atoms with E-state index in [9.17, 15) is 9.59 Å². The van der Waals surface area contributed by atoms with Gasteiger partial charge in [0, 0.05) is 13.1 Å². The second kappa shape index (κ2) is 21.8. The predicted molar refractivity (Wildman–Crippen MR) is 171 cm³/mol. The Labute approximate surface area is 240 Å². The summed E-state index contributed by atoms with van der Waals surface area (Å²) >= 11 is 0. The highest BCUT2D eigenvalue weighted by Gasteiger charge is 2.39. The third-order valence-electron chi connectivity index (χ3n) is 5.44. The highest BCUT2D eigenvalue weighted by Crippen LogP contribution is 2.34. The maximum Gasteiger partial charge on any atom is 0.236 e. The molecule has 0 saturated carbocycles. The molecule has 0 aromatic rings. The summed E-state index contributed by atoms with van der Waals surface area (Å²) in [5, 5.41) is 2.72. The van der Waals surface area contributed by atoms with Crippen LogP contribution in [0.4, 0.5) is 0 Å². The van der Waals surface area contributed by atoms with Gasteiger partial charge in [-0.25, -0.2) is 0 Å². The number of hydrogen-bond acceptors (Lipinski definition) is 3. The van der Waals surface area contributed by atoms with Crippen LogP contribution in [0.3, 0.4) is 0 Å². The number of carbonyl (C=O) groups excluding carboxylic acids is 2. The van der Waals surface area contributed by atoms with Gasteiger partial charge in [0.15, 0.2) is 0 Å². The Morgan fingerprint density at radius 2 is 1.64 bits per heavy atom. The van der Waals surface area contributed by atoms with E-state index in [4.69, 9.17) is 5.73 Å². The van der Waals surface area contributed by atoms with Crippen LogP contribution in [-0.2, 0) is 9.59 Å². The van der Waals surface area contributed by atoms with Crippen molar-refractivity contribution in [3.8, 4) is 0 Å². The van der Waals surface area contributed by atoms with Gasteiger partial charge < -0.3 is 16.0 Å². The van der Waals surface area contributed by atoms with E-state index in [1.807, 2.05) is 82.4 Å². The van der Waals surface area contributed by atoms with Crippen molar-refractivity contribution in [2.24, 2.45) is 22.5 Å². The molecular formula is C34H57N3O2. The van der Waals surface area contributed by atoms with Crippen LogP contribution < -0.4 is 11.1 Å². The number of allylic oxidation sites excluding steroid dienone is 9. The van der Waals surface area contributed by atoms with Crippen LogP contribution in [0.1, 0.15) is 88.0 Å². The second-order valence-corrected chi connectivity index (χ2v) is 11.5. The van der Waals surface area contributed by atoms with Gasteiger partial charge in [0.05, 0.1) is 11.2 Å². The molecule has 0 spiro atoms. The molecule has 0 aromatic heterocycles. The minimum absolute atomic E-state index is 0.0410. The molecular weight excluding hydrogens is 482 g/mol. The van der Waals surface area contributed by atoms with E-state index in [0.717, 1.165) is 24.8 Å². The maximum absolute atomic E-state index is 12.4. The predicted octanol–water partition coefficient (Wildman–Crippen LogP) is 8.01. The standard InChI is InChI=1S/C25H37N3O2.C5H12.C4H8/c1-5-7-9-12-22(4)19-28(20-29)17-11-14-21(3)13-10-16-25(15-8-6-2)18-23(26)27-24(25)30;1-5(2,3)4;1-3-4-2/h5-10,12-13,18,20-21H,4,11,14-17,19,26H2,1-3H3,(H,27,30);1-4H3;3-4H,1-2H3/b7-5-,8-6+,12-9-,13-10+;;4-3-. The van der Waals surface area contributed by atoms with E-state index in [0.29, 0.717) is 43.1 Å². The summed E-state index contributed by atoms with van der Waals surface area (Å²) in [7, 11) is 0. The summed E-state index contributed by atoms with van der Waals surface area (Å²) in [5.41, 5.74) is 6.62. The molecule has 0 saturated heterocycles. The normalized spacial score (nSPS) is 18.2. The lowest BCUT2D eigenvalue weighted by Gasteiger charge is -2.21. The summed E-state index contributed by atoms with van der Waals surface area (Å²) in [5.74, 6) is 0.753. The molecule has 0 fully saturated rings. The lowest BCUT2D eigenvalue weighted by atomic mass is 9.81. The summed E-state index contributed by atoms with van der Waals surface area (Å²) < 4.78 is 0. The number of nitrogens with one attached hydrogen (secondary N) is 1. The molecule has 1 heterocycles. The Morgan fingerprint density at radius 3 is 2.10 bits per heavy atom. The van der Waals surface area contributed by atoms with Crippen molar-refractivity contribution in [3.05, 3.63) is 84.8 Å². The van der Waals surface area contributed by atoms with Gasteiger partial charge in [0.25, 0.3) is 0 Å². The molecule has 1 aliphatic heterocycles. The molecule has 5 heteroatoms. The van der Waals surface area contributed by atoms with Gasteiger partial charge in [0.2, 0.25) is 12.3 Å². The van der Waals surface area contributed by atoms with Crippen molar-refractivity contribution < 1.29 is 9.59 Å². The van der Waals surface area contributed by atoms with E-state index >= 15 is 0 Å². The molecule has 3 N–H and O–H groups in total. The van der Waals surface area contributed by atoms with Crippen LogP contribution >= 0.6 is 0 Å². The Bertz CT molecular complexity index is 875. The van der Waals surface area contributed by atoms with E-state index in [1.54, 1.807) is 4.90 Å². The highest BCUT2D eigenvalue weighted by molar-refractivity contribution is 5.89. The van der Waals surface area contributed by atoms with Gasteiger partial charge in [-0.05, 0) is 76.4 Å². The number of hydrogen-bond donors (Lipinski definition) is 2. The van der Waals surface area contributed by atoms with Crippen molar-refractivity contribution >= 4 is 12.3 Å². The van der Waals surface area contributed by atoms with E-state index in [-0.39, 0.29) is 5.91 Å². The number of amides is 2. The molecule has 0 radical (unpaired) electrons. The summed E-state index contributed by atoms with van der Waals surface area (Å²) in [6, 6.07) is 0. The zero-order valence-corrected chi connectivity index (χ0v) is 26.3. The molecule has 5 nitrogen and oxygen atoms in total. The zero-order valence-electron chi connectivity index (χ0n) is 26.3. The first-order chi connectivity index (χ1) is 18.3. The van der Waals surface area contributed by atoms with Crippen LogP contribution in [-0.4, -0.2) is 30.3 Å². The lowest BCUT2D eigenvalue weighted by molar-refractivity contribution is -0.126. The van der Waals surface area contributed by atoms with Crippen molar-refractivity contribution in [2.45, 2.75) is 88.0 Å². The molecule has 39 heavy (non-hydrogen) atoms. The Balaban J connectivity index is 0. The minimum Gasteiger partial charge on any atom is -0.385 e. The number of rotatable bonds is 14. The molecule has 220 valence electrons. The largest absolute Gasteiger partial charge is 0.385 e. The SMILES string of the molecule is C/C=C\C.C=C(/C=C\C=C/C)CN(C=O)CCCC(C)/C=C/CC1(C/C=C/C)C=C(N)NC1=O.CC(C)(C)C. The summed E-state index contributed by atoms with van der Waals surface area (Å²) in [4.78, 5) is 25.4. The van der Waals surface area contributed by atoms with Gasteiger partial charge in [0.1, 0.15) is 0 Å². The minimum atomic E-state index is -0.595. The smallest absolute Gasteiger partial charge is 0.236 e. The monoisotopic (exact) mass is 539 g/mol. The van der Waals surface area contributed by atoms with Crippen molar-refractivity contribution in [2.75, 3.05) is 13.1 Å². The van der Waals surface area contributed by atoms with Crippen molar-refractivity contribution in [3.63, 3.8) is 0 Å². The summed E-state index contributed by atoms with van der Waals surface area (Å²) in [6.45, 7) is 24.0. The van der Waals surface area contributed by atoms with Crippen molar-refractivity contribution in [1.29, 1.82) is 0 Å². The molecule has 1 rings (SSSR count). The van der Waals surface area contributed by atoms with Gasteiger partial charge in [-0.15, -0.1) is 0 Å². The quantitative estimate of drug-likeness (QED) is 0.133. The molecule has 2 amide bonds. The molecule has 1 aliphatic rings. The average molecular weight is 540 g/mol. The molecule has 0 aromatic carbocycles. The Kier molecular flexibility index (Phi) is 21.3. The molecule has 2 atom stereocenters. The second-order valence-electron chi connectivity index (χ2n) is 11.5. The zero-order chi connectivity index (χ0) is 30.3. The van der Waals surface area contributed by atoms with Gasteiger partial charge >= 0.3 is 0 Å². The first-order valence-electron chi connectivity index (χ1n) is 14.1. The number of nitrogens with two attached hydrogens (primary N) is 1. The van der Waals surface area contributed by atoms with E-state index < -0.39 is 5.41 Å². The Morgan fingerprint density at radius 1 is 1.05 bits per heavy atom. The first kappa shape index (κ1) is 38.1. The maximum atomic E-state index is 12.4. The van der Waals surface area contributed by atoms with Gasteiger partial charge in [-0.2, -0.15) is 0 Å². The third kappa shape index (κ3) is 21.5. The van der Waals surface area contributed by atoms with Gasteiger partial charge in [-0.3, -0.25) is 9.59 Å². The highest BCUT2D eigenvalue weighted by atomic mass is 16.2. The van der Waals surface area contributed by atoms with Crippen LogP contribution in [0.15, 0.2) is 84.8 Å². The van der Waals surface area contributed by atoms with E-state index in [1.165, 1.54) is 0 Å². The molecule has 0 bridgehead atoms. The number of carbonyl (C=O) groups is 2. The van der Waals surface area contributed by atoms with Crippen LogP contribution in [0.2, 0.25) is 0 Å². The molecule has 0 aliphatic carbocycles. The fraction of sp³-hybridized carbons (Fsp3) is 0.529. The number of nitrogens with zero attached hydrogens (tertiary/aromatic N) is 1. The van der Waals surface area contributed by atoms with Crippen LogP contribution in [0.25, 0.3) is 0 Å². The fourth-order valence-electron chi connectivity index (χ4n) is 3.38. The lowest BCUT2D eigenvalue weighted by Crippen LogP contribution is -2.32. The topological polar surface area (TPSA) is 75.4 Å². The van der Waals surface area contributed by atoms with Crippen molar-refractivity contribution in [1.82, 2.24) is 10.2 Å². The van der Waals surface area contributed by atoms with Gasteiger partial charge in [-0.1, -0.05) is 102 Å². The van der Waals surface area contributed by atoms with Crippen LogP contribution in [0, 0.1) is 16.7 Å². The average Bonchev–Trinajstić information content (AvgIpc) is 3.14. The molecule has 2 unspecified atom stereocenters. The fourth-order valence-corrected chi connectivity index (χ4v) is 3.38. The summed E-state index contributed by atoms with van der Waals surface area (Å²) in [6.07, 6.45) is 25.8. The first-order valence-corrected chi connectivity index (χ1v) is 14.1. The Hall–Kier alpha value is -3.08. The third-order valence-corrected chi connectivity index (χ3v) is 5.44. The van der Waals surface area contributed by atoms with Crippen LogP contribution in [0.5, 0.6) is 0 Å².